The van der Waals surface area contributed by atoms with Gasteiger partial charge in [0.25, 0.3) is 6.01 Å². The summed E-state index contributed by atoms with van der Waals surface area (Å²) in [7, 11) is 0. The molecule has 2 aromatic rings. The van der Waals surface area contributed by atoms with Crippen molar-refractivity contribution in [2.45, 2.75) is 18.8 Å². The molecule has 19 heavy (non-hydrogen) atoms. The van der Waals surface area contributed by atoms with E-state index in [9.17, 15) is 0 Å². The van der Waals surface area contributed by atoms with Crippen LogP contribution in [0.4, 0.5) is 11.7 Å². The number of benzene rings is 1. The average Bonchev–Trinajstić information content (AvgIpc) is 2.70. The number of halogens is 2. The van der Waals surface area contributed by atoms with E-state index in [1.54, 1.807) is 0 Å². The average molecular weight is 394 g/mol. The third-order valence-electron chi connectivity index (χ3n) is 3.40. The van der Waals surface area contributed by atoms with Crippen LogP contribution < -0.4 is 16.8 Å². The largest absolute Gasteiger partial charge is 0.424 e. The highest BCUT2D eigenvalue weighted by Crippen LogP contribution is 2.35. The quantitative estimate of drug-likeness (QED) is 0.648. The highest BCUT2D eigenvalue weighted by atomic mass is 79.9. The van der Waals surface area contributed by atoms with Gasteiger partial charge in [0.15, 0.2) is 5.58 Å². The van der Waals surface area contributed by atoms with Crippen LogP contribution in [0.15, 0.2) is 16.5 Å². The molecule has 106 valence electrons. The fourth-order valence-corrected chi connectivity index (χ4v) is 2.59. The van der Waals surface area contributed by atoms with E-state index < -0.39 is 0 Å². The summed E-state index contributed by atoms with van der Waals surface area (Å²) in [5.74, 6) is 0.449. The molecule has 0 radical (unpaired) electrons. The Morgan fingerprint density at radius 1 is 1.16 bits per heavy atom. The number of nitrogen functional groups attached to an aromatic ring is 2. The SMILES string of the molecule is Br.Br.Nc1nc2c(C3CCNCC3)c(N)ccc2o1. The van der Waals surface area contributed by atoms with Gasteiger partial charge in [0.05, 0.1) is 0 Å². The molecule has 2 heterocycles. The van der Waals surface area contributed by atoms with Gasteiger partial charge >= 0.3 is 0 Å². The number of nitrogens with two attached hydrogens (primary N) is 2. The molecular weight excluding hydrogens is 376 g/mol. The normalized spacial score (nSPS) is 15.8. The molecule has 1 aromatic carbocycles. The van der Waals surface area contributed by atoms with Crippen LogP contribution in [0.5, 0.6) is 0 Å². The van der Waals surface area contributed by atoms with E-state index in [4.69, 9.17) is 15.9 Å². The van der Waals surface area contributed by atoms with Crippen molar-refractivity contribution in [3.63, 3.8) is 0 Å². The van der Waals surface area contributed by atoms with Crippen molar-refractivity contribution >= 4 is 56.8 Å². The smallest absolute Gasteiger partial charge is 0.292 e. The van der Waals surface area contributed by atoms with Crippen molar-refractivity contribution < 1.29 is 4.42 Å². The van der Waals surface area contributed by atoms with Gasteiger partial charge in [-0.2, -0.15) is 4.98 Å². The van der Waals surface area contributed by atoms with Crippen LogP contribution in [0.3, 0.4) is 0 Å². The standard InChI is InChI=1S/C12H16N4O.2BrH/c13-8-1-2-9-11(16-12(14)17-9)10(8)7-3-5-15-6-4-7;;/h1-2,7,15H,3-6,13H2,(H2,14,16);2*1H. The zero-order chi connectivity index (χ0) is 11.8. The summed E-state index contributed by atoms with van der Waals surface area (Å²) in [4.78, 5) is 4.26. The fourth-order valence-electron chi connectivity index (χ4n) is 2.59. The van der Waals surface area contributed by atoms with E-state index in [0.717, 1.165) is 48.3 Å². The highest BCUT2D eigenvalue weighted by Gasteiger charge is 2.22. The number of hydrogen-bond donors (Lipinski definition) is 3. The minimum absolute atomic E-state index is 0. The molecule has 0 bridgehead atoms. The van der Waals surface area contributed by atoms with Crippen molar-refractivity contribution in [2.24, 2.45) is 0 Å². The van der Waals surface area contributed by atoms with E-state index >= 15 is 0 Å². The zero-order valence-corrected chi connectivity index (χ0v) is 13.8. The summed E-state index contributed by atoms with van der Waals surface area (Å²) < 4.78 is 5.35. The van der Waals surface area contributed by atoms with Gasteiger partial charge in [-0.05, 0) is 44.0 Å². The number of nitrogens with zero attached hydrogens (tertiary/aromatic N) is 1. The predicted octanol–water partition coefficient (Wildman–Crippen LogP) is 2.62. The first-order valence-electron chi connectivity index (χ1n) is 5.91. The molecule has 0 aliphatic carbocycles. The first kappa shape index (κ1) is 16.3. The Labute approximate surface area is 132 Å². The van der Waals surface area contributed by atoms with Gasteiger partial charge < -0.3 is 21.2 Å². The van der Waals surface area contributed by atoms with Gasteiger partial charge in [-0.15, -0.1) is 34.0 Å². The molecule has 0 atom stereocenters. The lowest BCUT2D eigenvalue weighted by Gasteiger charge is -2.24. The van der Waals surface area contributed by atoms with Crippen molar-refractivity contribution in [2.75, 3.05) is 24.6 Å². The van der Waals surface area contributed by atoms with Crippen LogP contribution in [0.25, 0.3) is 11.1 Å². The number of piperidine rings is 1. The molecule has 1 aromatic heterocycles. The zero-order valence-electron chi connectivity index (χ0n) is 10.4. The Bertz CT molecular complexity index is 552. The summed E-state index contributed by atoms with van der Waals surface area (Å²) in [6, 6.07) is 3.92. The Morgan fingerprint density at radius 2 is 1.84 bits per heavy atom. The topological polar surface area (TPSA) is 90.1 Å². The van der Waals surface area contributed by atoms with Crippen LogP contribution in [-0.2, 0) is 0 Å². The summed E-state index contributed by atoms with van der Waals surface area (Å²) in [5, 5.41) is 3.35. The Balaban J connectivity index is 0.000000902. The van der Waals surface area contributed by atoms with Crippen LogP contribution in [0.2, 0.25) is 0 Å². The molecule has 1 saturated heterocycles. The molecule has 0 unspecified atom stereocenters. The van der Waals surface area contributed by atoms with Crippen molar-refractivity contribution in [1.29, 1.82) is 0 Å². The van der Waals surface area contributed by atoms with Crippen molar-refractivity contribution in [3.8, 4) is 0 Å². The molecule has 1 fully saturated rings. The van der Waals surface area contributed by atoms with Gasteiger partial charge in [0.2, 0.25) is 0 Å². The summed E-state index contributed by atoms with van der Waals surface area (Å²) >= 11 is 0. The number of fused-ring (bicyclic) bond motifs is 1. The van der Waals surface area contributed by atoms with E-state index in [2.05, 4.69) is 10.3 Å². The maximum absolute atomic E-state index is 6.08. The summed E-state index contributed by atoms with van der Waals surface area (Å²) in [6.07, 6.45) is 2.16. The highest BCUT2D eigenvalue weighted by molar-refractivity contribution is 8.93. The first-order valence-corrected chi connectivity index (χ1v) is 5.91. The molecule has 7 heteroatoms. The lowest BCUT2D eigenvalue weighted by molar-refractivity contribution is 0.463. The Morgan fingerprint density at radius 3 is 2.53 bits per heavy atom. The van der Waals surface area contributed by atoms with Crippen LogP contribution in [0.1, 0.15) is 24.3 Å². The van der Waals surface area contributed by atoms with Gasteiger partial charge in [-0.3, -0.25) is 0 Å². The van der Waals surface area contributed by atoms with Crippen LogP contribution in [0, 0.1) is 0 Å². The van der Waals surface area contributed by atoms with Crippen molar-refractivity contribution in [1.82, 2.24) is 10.3 Å². The van der Waals surface area contributed by atoms with Gasteiger partial charge in [-0.1, -0.05) is 0 Å². The lowest BCUT2D eigenvalue weighted by Crippen LogP contribution is -2.27. The number of nitrogens with one attached hydrogen (secondary N) is 1. The lowest BCUT2D eigenvalue weighted by atomic mass is 9.88. The summed E-state index contributed by atoms with van der Waals surface area (Å²) in [5.41, 5.74) is 15.1. The predicted molar refractivity (Wildman–Crippen MR) is 88.3 cm³/mol. The second kappa shape index (κ2) is 6.58. The van der Waals surface area contributed by atoms with Crippen molar-refractivity contribution in [3.05, 3.63) is 17.7 Å². The fraction of sp³-hybridized carbons (Fsp3) is 0.417. The molecule has 0 saturated carbocycles. The maximum Gasteiger partial charge on any atom is 0.292 e. The van der Waals surface area contributed by atoms with E-state index in [0.29, 0.717) is 5.92 Å². The van der Waals surface area contributed by atoms with Crippen LogP contribution >= 0.6 is 34.0 Å². The van der Waals surface area contributed by atoms with Gasteiger partial charge in [-0.25, -0.2) is 0 Å². The number of hydrogen-bond acceptors (Lipinski definition) is 5. The third kappa shape index (κ3) is 3.04. The second-order valence-corrected chi connectivity index (χ2v) is 4.49. The van der Waals surface area contributed by atoms with E-state index in [-0.39, 0.29) is 40.0 Å². The number of anilines is 2. The Hall–Kier alpha value is -0.790. The first-order chi connectivity index (χ1) is 8.25. The van der Waals surface area contributed by atoms with E-state index in [1.165, 1.54) is 0 Å². The number of rotatable bonds is 1. The monoisotopic (exact) mass is 392 g/mol. The van der Waals surface area contributed by atoms with Gasteiger partial charge in [0.1, 0.15) is 5.52 Å². The minimum Gasteiger partial charge on any atom is -0.424 e. The second-order valence-electron chi connectivity index (χ2n) is 4.49. The maximum atomic E-state index is 6.08. The third-order valence-corrected chi connectivity index (χ3v) is 3.40. The summed E-state index contributed by atoms with van der Waals surface area (Å²) in [6.45, 7) is 2.04. The molecule has 0 amide bonds. The molecule has 5 N–H and O–H groups in total. The van der Waals surface area contributed by atoms with Gasteiger partial charge in [0, 0.05) is 11.3 Å². The number of oxazole rings is 1. The van der Waals surface area contributed by atoms with Crippen LogP contribution in [-0.4, -0.2) is 18.1 Å². The molecule has 1 aliphatic heterocycles. The molecule has 1 aliphatic rings. The number of aromatic nitrogens is 1. The molecule has 0 spiro atoms. The molecular formula is C12H18Br2N4O. The minimum atomic E-state index is 0. The Kier molecular flexibility index (Phi) is 5.64. The molecule has 3 rings (SSSR count). The molecule has 5 nitrogen and oxygen atoms in total. The van der Waals surface area contributed by atoms with E-state index in [1.807, 2.05) is 12.1 Å².